The van der Waals surface area contributed by atoms with E-state index in [4.69, 9.17) is 16.4 Å². The first kappa shape index (κ1) is 19.5. The summed E-state index contributed by atoms with van der Waals surface area (Å²) in [6.45, 7) is 0. The fourth-order valence-electron chi connectivity index (χ4n) is 4.10. The lowest BCUT2D eigenvalue weighted by Gasteiger charge is -2.26. The van der Waals surface area contributed by atoms with Gasteiger partial charge in [-0.1, -0.05) is 72.3 Å². The fraction of sp³-hybridized carbons (Fsp3) is 0.120. The number of carbonyl (C=O) groups excluding carboxylic acids is 2. The van der Waals surface area contributed by atoms with E-state index in [0.29, 0.717) is 10.7 Å². The van der Waals surface area contributed by atoms with Crippen LogP contribution in [0.5, 0.6) is 0 Å². The van der Waals surface area contributed by atoms with Gasteiger partial charge < -0.3 is 0 Å². The molecule has 0 aromatic heterocycles. The van der Waals surface area contributed by atoms with E-state index >= 15 is 0 Å². The number of benzene rings is 3. The molecule has 2 aliphatic rings. The van der Waals surface area contributed by atoms with E-state index in [2.05, 4.69) is 0 Å². The van der Waals surface area contributed by atoms with Crippen molar-refractivity contribution < 1.29 is 14.4 Å². The molecular weight excluding hydrogens is 412 g/mol. The number of rotatable bonds is 4. The number of nitrogens with zero attached hydrogens (tertiary/aromatic N) is 2. The van der Waals surface area contributed by atoms with E-state index in [1.807, 2.05) is 66.7 Å². The molecule has 2 heterocycles. The number of imide groups is 1. The van der Waals surface area contributed by atoms with E-state index in [-0.39, 0.29) is 11.8 Å². The van der Waals surface area contributed by atoms with Crippen LogP contribution in [0.3, 0.4) is 0 Å². The van der Waals surface area contributed by atoms with Crippen LogP contribution in [-0.2, 0) is 14.4 Å². The Labute approximate surface area is 185 Å². The van der Waals surface area contributed by atoms with Crippen LogP contribution in [0.25, 0.3) is 6.08 Å². The number of anilines is 2. The Morgan fingerprint density at radius 3 is 2.16 bits per heavy atom. The topological polar surface area (TPSA) is 49.9 Å². The van der Waals surface area contributed by atoms with Crippen molar-refractivity contribution in [2.75, 3.05) is 9.96 Å². The standard InChI is InChI=1S/C25H19ClN2O3/c26-18-9-7-8-17(16-18)14-15-21-22-23(31-28(21)20-12-5-2-6-13-20)25(30)27(24(22)29)19-10-3-1-4-11-19/h1-16,21-23H/b15-14-/t21-,22+,23-/m1/s1. The predicted molar refractivity (Wildman–Crippen MR) is 120 cm³/mol. The van der Waals surface area contributed by atoms with E-state index in [1.165, 1.54) is 4.90 Å². The molecule has 31 heavy (non-hydrogen) atoms. The van der Waals surface area contributed by atoms with Gasteiger partial charge in [0.25, 0.3) is 5.91 Å². The molecule has 2 saturated heterocycles. The zero-order chi connectivity index (χ0) is 21.4. The van der Waals surface area contributed by atoms with Gasteiger partial charge in [0, 0.05) is 5.02 Å². The number of carbonyl (C=O) groups is 2. The molecule has 0 aliphatic carbocycles. The van der Waals surface area contributed by atoms with Gasteiger partial charge in [0.1, 0.15) is 5.92 Å². The minimum atomic E-state index is -0.873. The molecule has 0 unspecified atom stereocenters. The molecule has 5 nitrogen and oxygen atoms in total. The number of fused-ring (bicyclic) bond motifs is 1. The SMILES string of the molecule is O=C1[C@H]2[C@@H](/C=C\c3cccc(Cl)c3)N(c3ccccc3)O[C@H]2C(=O)N1c1ccccc1. The first-order valence-electron chi connectivity index (χ1n) is 10.0. The second-order valence-electron chi connectivity index (χ2n) is 7.47. The summed E-state index contributed by atoms with van der Waals surface area (Å²) in [6.07, 6.45) is 2.94. The van der Waals surface area contributed by atoms with Crippen molar-refractivity contribution in [3.05, 3.63) is 102 Å². The average molecular weight is 431 g/mol. The zero-order valence-electron chi connectivity index (χ0n) is 16.5. The van der Waals surface area contributed by atoms with E-state index < -0.39 is 18.1 Å². The Kier molecular flexibility index (Phi) is 5.06. The van der Waals surface area contributed by atoms with Gasteiger partial charge in [-0.05, 0) is 42.0 Å². The molecule has 3 aromatic carbocycles. The van der Waals surface area contributed by atoms with Gasteiger partial charge in [0.15, 0.2) is 6.10 Å². The van der Waals surface area contributed by atoms with Crippen LogP contribution >= 0.6 is 11.6 Å². The highest BCUT2D eigenvalue weighted by atomic mass is 35.5. The van der Waals surface area contributed by atoms with Crippen LogP contribution in [0.15, 0.2) is 91.0 Å². The van der Waals surface area contributed by atoms with Crippen LogP contribution in [0.2, 0.25) is 5.02 Å². The lowest BCUT2D eigenvalue weighted by molar-refractivity contribution is -0.126. The fourth-order valence-corrected chi connectivity index (χ4v) is 4.30. The number of hydroxylamine groups is 1. The molecular formula is C25H19ClN2O3. The maximum Gasteiger partial charge on any atom is 0.266 e. The Balaban J connectivity index is 1.53. The summed E-state index contributed by atoms with van der Waals surface area (Å²) in [5.41, 5.74) is 2.24. The Morgan fingerprint density at radius 1 is 0.806 bits per heavy atom. The second kappa shape index (κ2) is 8.02. The summed E-state index contributed by atoms with van der Waals surface area (Å²) in [7, 11) is 0. The van der Waals surface area contributed by atoms with Crippen molar-refractivity contribution in [1.82, 2.24) is 0 Å². The molecule has 154 valence electrons. The van der Waals surface area contributed by atoms with Crippen molar-refractivity contribution in [1.29, 1.82) is 0 Å². The average Bonchev–Trinajstić information content (AvgIpc) is 3.29. The lowest BCUT2D eigenvalue weighted by Crippen LogP contribution is -2.39. The van der Waals surface area contributed by atoms with E-state index in [1.54, 1.807) is 35.4 Å². The Hall–Kier alpha value is -3.41. The number of amides is 2. The number of halogens is 1. The Morgan fingerprint density at radius 2 is 1.48 bits per heavy atom. The van der Waals surface area contributed by atoms with Gasteiger partial charge in [0.2, 0.25) is 5.91 Å². The van der Waals surface area contributed by atoms with Crippen LogP contribution in [-0.4, -0.2) is 24.0 Å². The van der Waals surface area contributed by atoms with Crippen LogP contribution in [0.1, 0.15) is 5.56 Å². The minimum Gasteiger partial charge on any atom is -0.273 e. The maximum atomic E-state index is 13.4. The van der Waals surface area contributed by atoms with Gasteiger partial charge >= 0.3 is 0 Å². The lowest BCUT2D eigenvalue weighted by atomic mass is 9.95. The van der Waals surface area contributed by atoms with Crippen LogP contribution in [0, 0.1) is 5.92 Å². The molecule has 2 amide bonds. The zero-order valence-corrected chi connectivity index (χ0v) is 17.2. The van der Waals surface area contributed by atoms with Crippen molar-refractivity contribution in [2.45, 2.75) is 12.1 Å². The van der Waals surface area contributed by atoms with Gasteiger partial charge in [-0.2, -0.15) is 0 Å². The molecule has 2 aliphatic heterocycles. The maximum absolute atomic E-state index is 13.4. The van der Waals surface area contributed by atoms with Crippen LogP contribution in [0.4, 0.5) is 11.4 Å². The molecule has 6 heteroatoms. The molecule has 0 radical (unpaired) electrons. The largest absolute Gasteiger partial charge is 0.273 e. The molecule has 0 N–H and O–H groups in total. The summed E-state index contributed by atoms with van der Waals surface area (Å²) in [6, 6.07) is 25.4. The van der Waals surface area contributed by atoms with Gasteiger partial charge in [0.05, 0.1) is 17.4 Å². The third kappa shape index (κ3) is 3.52. The summed E-state index contributed by atoms with van der Waals surface area (Å²) in [5.74, 6) is -1.26. The van der Waals surface area contributed by atoms with Crippen molar-refractivity contribution in [3.63, 3.8) is 0 Å². The molecule has 5 rings (SSSR count). The second-order valence-corrected chi connectivity index (χ2v) is 7.90. The first-order chi connectivity index (χ1) is 15.1. The summed E-state index contributed by atoms with van der Waals surface area (Å²) >= 11 is 6.11. The first-order valence-corrected chi connectivity index (χ1v) is 10.4. The highest BCUT2D eigenvalue weighted by Crippen LogP contribution is 2.41. The van der Waals surface area contributed by atoms with Gasteiger partial charge in [-0.15, -0.1) is 0 Å². The third-order valence-corrected chi connectivity index (χ3v) is 5.76. The van der Waals surface area contributed by atoms with E-state index in [0.717, 1.165) is 11.3 Å². The minimum absolute atomic E-state index is 0.264. The Bertz CT molecular complexity index is 1150. The summed E-state index contributed by atoms with van der Waals surface area (Å²) in [5, 5.41) is 2.29. The van der Waals surface area contributed by atoms with Crippen molar-refractivity contribution in [2.24, 2.45) is 5.92 Å². The molecule has 3 atom stereocenters. The summed E-state index contributed by atoms with van der Waals surface area (Å²) < 4.78 is 0. The van der Waals surface area contributed by atoms with E-state index in [9.17, 15) is 9.59 Å². The third-order valence-electron chi connectivity index (χ3n) is 5.52. The number of para-hydroxylation sites is 2. The summed E-state index contributed by atoms with van der Waals surface area (Å²) in [4.78, 5) is 33.9. The molecule has 2 fully saturated rings. The molecule has 0 spiro atoms. The predicted octanol–water partition coefficient (Wildman–Crippen LogP) is 4.73. The monoisotopic (exact) mass is 430 g/mol. The smallest absolute Gasteiger partial charge is 0.266 e. The highest BCUT2D eigenvalue weighted by Gasteiger charge is 2.59. The molecule has 3 aromatic rings. The number of hydrogen-bond acceptors (Lipinski definition) is 4. The van der Waals surface area contributed by atoms with Gasteiger partial charge in [-0.3, -0.25) is 14.4 Å². The quantitative estimate of drug-likeness (QED) is 0.561. The van der Waals surface area contributed by atoms with Crippen molar-refractivity contribution in [3.8, 4) is 0 Å². The number of hydrogen-bond donors (Lipinski definition) is 0. The normalized spacial score (nSPS) is 23.1. The van der Waals surface area contributed by atoms with Gasteiger partial charge in [-0.25, -0.2) is 9.96 Å². The van der Waals surface area contributed by atoms with Crippen LogP contribution < -0.4 is 9.96 Å². The molecule has 0 saturated carbocycles. The van der Waals surface area contributed by atoms with Crippen molar-refractivity contribution >= 4 is 40.9 Å². The highest BCUT2D eigenvalue weighted by molar-refractivity contribution is 6.30. The molecule has 0 bridgehead atoms.